The highest BCUT2D eigenvalue weighted by Crippen LogP contribution is 2.37. The number of carbonyl (C=O) groups excluding carboxylic acids is 2. The molecule has 0 aromatic heterocycles. The first-order valence-electron chi connectivity index (χ1n) is 9.85. The van der Waals surface area contributed by atoms with Crippen molar-refractivity contribution in [2.24, 2.45) is 0 Å². The van der Waals surface area contributed by atoms with Gasteiger partial charge in [0.25, 0.3) is 0 Å². The van der Waals surface area contributed by atoms with Crippen LogP contribution >= 0.6 is 34.8 Å². The smallest absolute Gasteiger partial charge is 0.357 e. The first-order valence-corrected chi connectivity index (χ1v) is 12.8. The Morgan fingerprint density at radius 2 is 1.63 bits per heavy atom. The Morgan fingerprint density at radius 1 is 1.03 bits per heavy atom. The van der Waals surface area contributed by atoms with E-state index in [9.17, 15) is 31.2 Å². The third kappa shape index (κ3) is 7.39. The minimum absolute atomic E-state index is 0.156. The Hall–Kier alpha value is -2.21. The minimum atomic E-state index is -4.85. The van der Waals surface area contributed by atoms with Crippen LogP contribution in [-0.2, 0) is 32.3 Å². The van der Waals surface area contributed by atoms with Crippen LogP contribution in [0.5, 0.6) is 0 Å². The molecular formula is C21H21Cl3F3N3O4S. The molecule has 0 bridgehead atoms. The number of halogens is 6. The summed E-state index contributed by atoms with van der Waals surface area (Å²) in [6, 6.07) is 5.96. The molecule has 35 heavy (non-hydrogen) atoms. The highest BCUT2D eigenvalue weighted by atomic mass is 35.5. The fraction of sp³-hybridized carbons (Fsp3) is 0.333. The SMILES string of the molecule is CNC(=O)[C@@H](C)N(Cc1ccc(Cl)c(Cl)c1)C(=O)CN(c1ccc(Cl)c(C(F)(F)F)c1)S(C)(=O)=O. The number of nitrogens with one attached hydrogen (secondary N) is 1. The monoisotopic (exact) mass is 573 g/mol. The van der Waals surface area contributed by atoms with Gasteiger partial charge in [-0.25, -0.2) is 8.42 Å². The number of hydrogen-bond donors (Lipinski definition) is 1. The van der Waals surface area contributed by atoms with E-state index >= 15 is 0 Å². The number of sulfonamides is 1. The molecule has 1 atom stereocenters. The maximum absolute atomic E-state index is 13.3. The fourth-order valence-electron chi connectivity index (χ4n) is 3.13. The molecule has 0 unspecified atom stereocenters. The van der Waals surface area contributed by atoms with Gasteiger partial charge < -0.3 is 10.2 Å². The quantitative estimate of drug-likeness (QED) is 0.500. The van der Waals surface area contributed by atoms with Gasteiger partial charge in [-0.15, -0.1) is 0 Å². The first kappa shape index (κ1) is 29.0. The molecule has 1 N–H and O–H groups in total. The van der Waals surface area contributed by atoms with Gasteiger partial charge in [0.15, 0.2) is 0 Å². The molecule has 0 aliphatic rings. The molecule has 7 nitrogen and oxygen atoms in total. The van der Waals surface area contributed by atoms with Gasteiger partial charge in [-0.1, -0.05) is 40.9 Å². The van der Waals surface area contributed by atoms with Crippen molar-refractivity contribution in [3.8, 4) is 0 Å². The van der Waals surface area contributed by atoms with E-state index in [1.54, 1.807) is 6.07 Å². The van der Waals surface area contributed by atoms with Crippen molar-refractivity contribution in [3.63, 3.8) is 0 Å². The van der Waals surface area contributed by atoms with E-state index in [1.807, 2.05) is 0 Å². The van der Waals surface area contributed by atoms with Crippen molar-refractivity contribution in [2.75, 3.05) is 24.2 Å². The van der Waals surface area contributed by atoms with Gasteiger partial charge >= 0.3 is 6.18 Å². The number of alkyl halides is 3. The van der Waals surface area contributed by atoms with E-state index in [4.69, 9.17) is 34.8 Å². The van der Waals surface area contributed by atoms with E-state index in [0.29, 0.717) is 15.9 Å². The first-order chi connectivity index (χ1) is 16.1. The molecule has 2 aromatic carbocycles. The van der Waals surface area contributed by atoms with Crippen LogP contribution in [0.1, 0.15) is 18.1 Å². The van der Waals surface area contributed by atoms with Crippen LogP contribution in [-0.4, -0.2) is 51.0 Å². The summed E-state index contributed by atoms with van der Waals surface area (Å²) in [5.41, 5.74) is -1.19. The Balaban J connectivity index is 2.49. The second-order valence-electron chi connectivity index (χ2n) is 7.49. The molecule has 14 heteroatoms. The van der Waals surface area contributed by atoms with E-state index in [0.717, 1.165) is 23.3 Å². The second kappa shape index (κ2) is 11.2. The van der Waals surface area contributed by atoms with Crippen LogP contribution in [0.15, 0.2) is 36.4 Å². The summed E-state index contributed by atoms with van der Waals surface area (Å²) < 4.78 is 65.4. The lowest BCUT2D eigenvalue weighted by molar-refractivity contribution is -0.139. The van der Waals surface area contributed by atoms with E-state index < -0.39 is 56.9 Å². The summed E-state index contributed by atoms with van der Waals surface area (Å²) in [5.74, 6) is -1.39. The molecule has 2 aromatic rings. The van der Waals surface area contributed by atoms with Gasteiger partial charge in [0.05, 0.1) is 32.6 Å². The summed E-state index contributed by atoms with van der Waals surface area (Å²) in [5, 5.41) is 2.23. The van der Waals surface area contributed by atoms with Crippen molar-refractivity contribution >= 4 is 62.3 Å². The Kier molecular flexibility index (Phi) is 9.32. The molecule has 0 saturated heterocycles. The number of amides is 2. The van der Waals surface area contributed by atoms with Crippen LogP contribution in [0, 0.1) is 0 Å². The van der Waals surface area contributed by atoms with Gasteiger partial charge in [-0.3, -0.25) is 13.9 Å². The predicted molar refractivity (Wildman–Crippen MR) is 129 cm³/mol. The zero-order valence-corrected chi connectivity index (χ0v) is 21.7. The Morgan fingerprint density at radius 3 is 2.14 bits per heavy atom. The molecule has 0 aliphatic carbocycles. The lowest BCUT2D eigenvalue weighted by Gasteiger charge is -2.31. The van der Waals surface area contributed by atoms with E-state index in [1.165, 1.54) is 26.1 Å². The number of likely N-dealkylation sites (N-methyl/N-ethyl adjacent to an activating group) is 1. The van der Waals surface area contributed by atoms with Gasteiger partial charge in [-0.2, -0.15) is 13.2 Å². The van der Waals surface area contributed by atoms with Gasteiger partial charge in [0.2, 0.25) is 21.8 Å². The summed E-state index contributed by atoms with van der Waals surface area (Å²) >= 11 is 17.6. The maximum atomic E-state index is 13.3. The number of hydrogen-bond acceptors (Lipinski definition) is 4. The normalized spacial score (nSPS) is 12.7. The molecule has 0 saturated carbocycles. The van der Waals surface area contributed by atoms with Crippen LogP contribution in [0.2, 0.25) is 15.1 Å². The van der Waals surface area contributed by atoms with Crippen LogP contribution in [0.25, 0.3) is 0 Å². The van der Waals surface area contributed by atoms with E-state index in [2.05, 4.69) is 5.32 Å². The van der Waals surface area contributed by atoms with Crippen LogP contribution in [0.4, 0.5) is 18.9 Å². The topological polar surface area (TPSA) is 86.8 Å². The van der Waals surface area contributed by atoms with Crippen molar-refractivity contribution < 1.29 is 31.2 Å². The van der Waals surface area contributed by atoms with Crippen LogP contribution < -0.4 is 9.62 Å². The zero-order chi connectivity index (χ0) is 26.7. The number of nitrogens with zero attached hydrogens (tertiary/aromatic N) is 2. The average molecular weight is 575 g/mol. The molecule has 0 aliphatic heterocycles. The number of anilines is 1. The standard InChI is InChI=1S/C21H21Cl3F3N3O4S/c1-12(20(32)28-2)29(10-13-4-6-17(23)18(24)8-13)19(31)11-30(35(3,33)34)14-5-7-16(22)15(9-14)21(25,26)27/h4-9,12H,10-11H2,1-3H3,(H,28,32)/t12-/m1/s1. The summed E-state index contributed by atoms with van der Waals surface area (Å²) in [4.78, 5) is 26.6. The fourth-order valence-corrected chi connectivity index (χ4v) is 4.51. The number of benzene rings is 2. The molecule has 192 valence electrons. The largest absolute Gasteiger partial charge is 0.417 e. The molecule has 0 fully saturated rings. The minimum Gasteiger partial charge on any atom is -0.357 e. The van der Waals surface area contributed by atoms with Gasteiger partial charge in [-0.05, 0) is 42.8 Å². The molecular weight excluding hydrogens is 554 g/mol. The summed E-state index contributed by atoms with van der Waals surface area (Å²) in [6.07, 6.45) is -4.11. The third-order valence-electron chi connectivity index (χ3n) is 4.97. The predicted octanol–water partition coefficient (Wildman–Crippen LogP) is 4.59. The van der Waals surface area contributed by atoms with Gasteiger partial charge in [0.1, 0.15) is 12.6 Å². The van der Waals surface area contributed by atoms with Gasteiger partial charge in [0, 0.05) is 13.6 Å². The number of carbonyl (C=O) groups is 2. The Labute approximate surface area is 215 Å². The summed E-state index contributed by atoms with van der Waals surface area (Å²) in [6.45, 7) is 0.389. The van der Waals surface area contributed by atoms with E-state index in [-0.39, 0.29) is 16.6 Å². The number of rotatable bonds is 8. The molecule has 0 spiro atoms. The second-order valence-corrected chi connectivity index (χ2v) is 10.6. The molecule has 2 rings (SSSR count). The van der Waals surface area contributed by atoms with Crippen molar-refractivity contribution in [3.05, 3.63) is 62.6 Å². The third-order valence-corrected chi connectivity index (χ3v) is 7.18. The lowest BCUT2D eigenvalue weighted by atomic mass is 10.1. The maximum Gasteiger partial charge on any atom is 0.417 e. The Bertz CT molecular complexity index is 1230. The lowest BCUT2D eigenvalue weighted by Crippen LogP contribution is -2.50. The zero-order valence-electron chi connectivity index (χ0n) is 18.7. The highest BCUT2D eigenvalue weighted by Gasteiger charge is 2.35. The summed E-state index contributed by atoms with van der Waals surface area (Å²) in [7, 11) is -2.87. The van der Waals surface area contributed by atoms with Crippen molar-refractivity contribution in [2.45, 2.75) is 25.7 Å². The molecule has 0 radical (unpaired) electrons. The highest BCUT2D eigenvalue weighted by molar-refractivity contribution is 7.92. The van der Waals surface area contributed by atoms with Crippen molar-refractivity contribution in [1.29, 1.82) is 0 Å². The average Bonchev–Trinajstić information content (AvgIpc) is 2.76. The molecule has 2 amide bonds. The van der Waals surface area contributed by atoms with Crippen LogP contribution in [0.3, 0.4) is 0 Å². The molecule has 0 heterocycles. The van der Waals surface area contributed by atoms with Crippen molar-refractivity contribution in [1.82, 2.24) is 10.2 Å².